The number of hydrogen-bond acceptors (Lipinski definition) is 6. The lowest BCUT2D eigenvalue weighted by atomic mass is 9.97. The van der Waals surface area contributed by atoms with Gasteiger partial charge in [0.1, 0.15) is 17.2 Å². The van der Waals surface area contributed by atoms with E-state index < -0.39 is 10.0 Å². The third-order valence-corrected chi connectivity index (χ3v) is 7.95. The number of benzene rings is 2. The largest absolute Gasteiger partial charge is 0.497 e. The van der Waals surface area contributed by atoms with Crippen molar-refractivity contribution in [1.29, 1.82) is 0 Å². The van der Waals surface area contributed by atoms with Gasteiger partial charge in [-0.2, -0.15) is 0 Å². The Kier molecular flexibility index (Phi) is 6.41. The molecule has 2 aliphatic rings. The van der Waals surface area contributed by atoms with Crippen molar-refractivity contribution in [1.82, 2.24) is 9.62 Å². The fourth-order valence-corrected chi connectivity index (χ4v) is 6.13. The minimum absolute atomic E-state index is 0.0620. The zero-order valence-electron chi connectivity index (χ0n) is 18.2. The van der Waals surface area contributed by atoms with Crippen molar-refractivity contribution in [3.8, 4) is 17.2 Å². The van der Waals surface area contributed by atoms with Gasteiger partial charge in [-0.15, -0.1) is 0 Å². The van der Waals surface area contributed by atoms with E-state index in [9.17, 15) is 8.42 Å². The molecule has 168 valence electrons. The molecule has 2 atom stereocenters. The maximum Gasteiger partial charge on any atom is 0.240 e. The van der Waals surface area contributed by atoms with Gasteiger partial charge in [-0.05, 0) is 68.1 Å². The molecule has 2 aliphatic heterocycles. The molecule has 2 heterocycles. The lowest BCUT2D eigenvalue weighted by molar-refractivity contribution is 0.114. The number of fused-ring (bicyclic) bond motifs is 2. The van der Waals surface area contributed by atoms with Gasteiger partial charge in [0.15, 0.2) is 0 Å². The number of methoxy groups -OCH3 is 3. The molecule has 31 heavy (non-hydrogen) atoms. The lowest BCUT2D eigenvalue weighted by Crippen LogP contribution is -2.49. The van der Waals surface area contributed by atoms with Gasteiger partial charge in [0.05, 0.1) is 26.2 Å². The summed E-state index contributed by atoms with van der Waals surface area (Å²) in [4.78, 5) is 2.76. The molecule has 2 unspecified atom stereocenters. The number of nitrogens with one attached hydrogen (secondary N) is 1. The lowest BCUT2D eigenvalue weighted by Gasteiger charge is -2.39. The number of rotatable bonds is 8. The van der Waals surface area contributed by atoms with Gasteiger partial charge in [0.25, 0.3) is 0 Å². The first-order valence-electron chi connectivity index (χ1n) is 10.6. The van der Waals surface area contributed by atoms with Crippen molar-refractivity contribution in [2.24, 2.45) is 0 Å². The van der Waals surface area contributed by atoms with E-state index >= 15 is 0 Å². The highest BCUT2D eigenvalue weighted by Crippen LogP contribution is 2.39. The Morgan fingerprint density at radius 3 is 2.10 bits per heavy atom. The topological polar surface area (TPSA) is 77.1 Å². The molecule has 0 saturated carbocycles. The Balaban J connectivity index is 1.44. The van der Waals surface area contributed by atoms with Crippen molar-refractivity contribution >= 4 is 10.0 Å². The van der Waals surface area contributed by atoms with E-state index in [-0.39, 0.29) is 10.9 Å². The van der Waals surface area contributed by atoms with E-state index in [0.717, 1.165) is 49.3 Å². The van der Waals surface area contributed by atoms with Crippen LogP contribution in [0.3, 0.4) is 0 Å². The Hall–Kier alpha value is -2.29. The van der Waals surface area contributed by atoms with Gasteiger partial charge in [-0.25, -0.2) is 13.1 Å². The van der Waals surface area contributed by atoms with Crippen molar-refractivity contribution < 1.29 is 22.6 Å². The molecule has 2 bridgehead atoms. The highest BCUT2D eigenvalue weighted by atomic mass is 32.2. The Morgan fingerprint density at radius 1 is 0.903 bits per heavy atom. The fourth-order valence-electron chi connectivity index (χ4n) is 4.87. The van der Waals surface area contributed by atoms with E-state index in [2.05, 4.69) is 9.62 Å². The highest BCUT2D eigenvalue weighted by molar-refractivity contribution is 7.89. The summed E-state index contributed by atoms with van der Waals surface area (Å²) in [6.45, 7) is 0.771. The van der Waals surface area contributed by atoms with Crippen LogP contribution in [-0.2, 0) is 16.6 Å². The number of nitrogens with zero attached hydrogens (tertiary/aromatic N) is 1. The van der Waals surface area contributed by atoms with E-state index in [4.69, 9.17) is 14.2 Å². The van der Waals surface area contributed by atoms with Crippen LogP contribution in [0.1, 0.15) is 31.2 Å². The maximum absolute atomic E-state index is 12.9. The first kappa shape index (κ1) is 21.9. The van der Waals surface area contributed by atoms with Crippen LogP contribution in [0, 0.1) is 0 Å². The minimum atomic E-state index is -3.56. The average molecular weight is 447 g/mol. The smallest absolute Gasteiger partial charge is 0.240 e. The summed E-state index contributed by atoms with van der Waals surface area (Å²) in [5.74, 6) is 2.30. The molecule has 0 amide bonds. The van der Waals surface area contributed by atoms with Crippen molar-refractivity contribution in [3.05, 3.63) is 48.0 Å². The first-order chi connectivity index (χ1) is 14.9. The number of sulfonamides is 1. The van der Waals surface area contributed by atoms with Gasteiger partial charge < -0.3 is 14.2 Å². The van der Waals surface area contributed by atoms with Gasteiger partial charge in [-0.3, -0.25) is 4.90 Å². The molecule has 0 aromatic heterocycles. The summed E-state index contributed by atoms with van der Waals surface area (Å²) in [5.41, 5.74) is 1.09. The molecule has 7 nitrogen and oxygen atoms in total. The quantitative estimate of drug-likeness (QED) is 0.671. The minimum Gasteiger partial charge on any atom is -0.497 e. The molecular weight excluding hydrogens is 416 g/mol. The standard InChI is InChI=1S/C23H30N2O5S/c1-28-20-6-9-22(10-7-20)31(26,27)24-17-13-18-4-5-19(14-17)25(18)15-16-12-21(29-2)8-11-23(16)30-3/h6-12,17-19,24H,4-5,13-15H2,1-3H3. The van der Waals surface area contributed by atoms with E-state index in [0.29, 0.717) is 17.8 Å². The Bertz CT molecular complexity index is 995. The molecule has 1 N–H and O–H groups in total. The predicted molar refractivity (Wildman–Crippen MR) is 118 cm³/mol. The monoisotopic (exact) mass is 446 g/mol. The van der Waals surface area contributed by atoms with Crippen LogP contribution >= 0.6 is 0 Å². The summed E-state index contributed by atoms with van der Waals surface area (Å²) in [5, 5.41) is 0. The van der Waals surface area contributed by atoms with Crippen molar-refractivity contribution in [2.75, 3.05) is 21.3 Å². The molecule has 2 aromatic carbocycles. The summed E-state index contributed by atoms with van der Waals surface area (Å²) in [6.07, 6.45) is 3.77. The summed E-state index contributed by atoms with van der Waals surface area (Å²) in [6, 6.07) is 13.0. The van der Waals surface area contributed by atoms with Crippen LogP contribution in [0.5, 0.6) is 17.2 Å². The van der Waals surface area contributed by atoms with Gasteiger partial charge in [0, 0.05) is 30.2 Å². The van der Waals surface area contributed by atoms with E-state index in [1.165, 1.54) is 0 Å². The second-order valence-electron chi connectivity index (χ2n) is 8.20. The van der Waals surface area contributed by atoms with Crippen molar-refractivity contribution in [3.63, 3.8) is 0 Å². The highest BCUT2D eigenvalue weighted by Gasteiger charge is 2.42. The van der Waals surface area contributed by atoms with Crippen LogP contribution in [0.2, 0.25) is 0 Å². The first-order valence-corrected chi connectivity index (χ1v) is 12.0. The van der Waals surface area contributed by atoms with E-state index in [1.54, 1.807) is 45.6 Å². The Labute approximate surface area is 184 Å². The van der Waals surface area contributed by atoms with Gasteiger partial charge >= 0.3 is 0 Å². The molecule has 2 saturated heterocycles. The summed E-state index contributed by atoms with van der Waals surface area (Å²) >= 11 is 0. The predicted octanol–water partition coefficient (Wildman–Crippen LogP) is 3.19. The maximum atomic E-state index is 12.9. The molecule has 0 radical (unpaired) electrons. The molecule has 0 aliphatic carbocycles. The van der Waals surface area contributed by atoms with Crippen LogP contribution in [-0.4, -0.2) is 52.8 Å². The molecule has 0 spiro atoms. The molecule has 4 rings (SSSR count). The third kappa shape index (κ3) is 4.66. The SMILES string of the molecule is COc1ccc(S(=O)(=O)NC2CC3CCC(C2)N3Cc2cc(OC)ccc2OC)cc1. The second-order valence-corrected chi connectivity index (χ2v) is 9.91. The second kappa shape index (κ2) is 9.06. The van der Waals surface area contributed by atoms with Crippen LogP contribution in [0.25, 0.3) is 0 Å². The number of hydrogen-bond donors (Lipinski definition) is 1. The van der Waals surface area contributed by atoms with Crippen molar-refractivity contribution in [2.45, 2.75) is 55.2 Å². The number of piperidine rings is 1. The zero-order chi connectivity index (χ0) is 22.0. The number of ether oxygens (including phenoxy) is 3. The van der Waals surface area contributed by atoms with Crippen LogP contribution in [0.4, 0.5) is 0 Å². The fraction of sp³-hybridized carbons (Fsp3) is 0.478. The zero-order valence-corrected chi connectivity index (χ0v) is 19.0. The third-order valence-electron chi connectivity index (χ3n) is 6.42. The Morgan fingerprint density at radius 2 is 1.52 bits per heavy atom. The molecular formula is C23H30N2O5S. The van der Waals surface area contributed by atoms with Gasteiger partial charge in [0.2, 0.25) is 10.0 Å². The average Bonchev–Trinajstić information content (AvgIpc) is 3.01. The van der Waals surface area contributed by atoms with Gasteiger partial charge in [-0.1, -0.05) is 0 Å². The normalized spacial score (nSPS) is 23.5. The molecule has 2 aromatic rings. The summed E-state index contributed by atoms with van der Waals surface area (Å²) < 4.78 is 44.7. The van der Waals surface area contributed by atoms with E-state index in [1.807, 2.05) is 18.2 Å². The molecule has 8 heteroatoms. The van der Waals surface area contributed by atoms with Crippen LogP contribution < -0.4 is 18.9 Å². The van der Waals surface area contributed by atoms with Crippen LogP contribution in [0.15, 0.2) is 47.4 Å². The molecule has 2 fully saturated rings. The summed E-state index contributed by atoms with van der Waals surface area (Å²) in [7, 11) is 1.34.